The minimum absolute atomic E-state index is 0.530. The third-order valence-electron chi connectivity index (χ3n) is 3.30. The first-order chi connectivity index (χ1) is 11.3. The fourth-order valence-corrected chi connectivity index (χ4v) is 3.61. The van der Waals surface area contributed by atoms with E-state index < -0.39 is 0 Å². The second-order valence-corrected chi connectivity index (χ2v) is 6.48. The van der Waals surface area contributed by atoms with Crippen molar-refractivity contribution in [2.75, 3.05) is 0 Å². The van der Waals surface area contributed by atoms with Gasteiger partial charge in [0, 0.05) is 17.5 Å². The van der Waals surface area contributed by atoms with Crippen molar-refractivity contribution in [2.24, 2.45) is 0 Å². The van der Waals surface area contributed by atoms with Gasteiger partial charge in [-0.25, -0.2) is 4.98 Å². The van der Waals surface area contributed by atoms with E-state index in [1.54, 1.807) is 0 Å². The monoisotopic (exact) mass is 386 g/mol. The molecule has 0 aliphatic rings. The molecule has 0 saturated carbocycles. The summed E-state index contributed by atoms with van der Waals surface area (Å²) in [6.07, 6.45) is 1.97. The van der Waals surface area contributed by atoms with Crippen molar-refractivity contribution < 1.29 is 4.42 Å². The van der Waals surface area contributed by atoms with Crippen molar-refractivity contribution in [3.05, 3.63) is 65.0 Å². The smallest absolute Gasteiger partial charge is 0.277 e. The summed E-state index contributed by atoms with van der Waals surface area (Å²) in [4.78, 5) is 4.60. The number of benzene rings is 1. The van der Waals surface area contributed by atoms with Crippen LogP contribution >= 0.6 is 27.7 Å². The molecule has 0 aliphatic carbocycles. The molecule has 0 amide bonds. The van der Waals surface area contributed by atoms with Crippen molar-refractivity contribution in [2.45, 2.75) is 11.0 Å². The molecular weight excluding hydrogens is 376 g/mol. The number of pyridine rings is 1. The SMILES string of the molecule is Brc1c(CSc2nnc(-c3ccccc3)o2)nc2ccccn12. The average Bonchev–Trinajstić information content (AvgIpc) is 3.19. The number of imidazole rings is 1. The van der Waals surface area contributed by atoms with E-state index in [0.29, 0.717) is 16.9 Å². The third-order valence-corrected chi connectivity index (χ3v) is 4.97. The maximum atomic E-state index is 5.70. The van der Waals surface area contributed by atoms with Gasteiger partial charge in [-0.2, -0.15) is 0 Å². The van der Waals surface area contributed by atoms with Gasteiger partial charge in [0.05, 0.1) is 5.69 Å². The van der Waals surface area contributed by atoms with Crippen LogP contribution in [0.15, 0.2) is 69.0 Å². The molecule has 0 aliphatic heterocycles. The Morgan fingerprint density at radius 3 is 2.70 bits per heavy atom. The second-order valence-electron chi connectivity index (χ2n) is 4.81. The second kappa shape index (κ2) is 6.17. The van der Waals surface area contributed by atoms with Crippen molar-refractivity contribution >= 4 is 33.3 Å². The fourth-order valence-electron chi connectivity index (χ4n) is 2.20. The zero-order valence-corrected chi connectivity index (χ0v) is 14.3. The maximum Gasteiger partial charge on any atom is 0.277 e. The van der Waals surface area contributed by atoms with Gasteiger partial charge >= 0.3 is 0 Å². The van der Waals surface area contributed by atoms with Crippen LogP contribution in [-0.2, 0) is 5.75 Å². The van der Waals surface area contributed by atoms with E-state index in [9.17, 15) is 0 Å². The molecule has 5 nitrogen and oxygen atoms in total. The quantitative estimate of drug-likeness (QED) is 0.485. The lowest BCUT2D eigenvalue weighted by molar-refractivity contribution is 0.466. The molecule has 3 heterocycles. The molecule has 0 saturated heterocycles. The molecular formula is C16H11BrN4OS. The van der Waals surface area contributed by atoms with Crippen LogP contribution in [0.4, 0.5) is 0 Å². The Morgan fingerprint density at radius 2 is 1.87 bits per heavy atom. The van der Waals surface area contributed by atoms with Crippen molar-refractivity contribution in [3.8, 4) is 11.5 Å². The number of aromatic nitrogens is 4. The van der Waals surface area contributed by atoms with Gasteiger partial charge in [-0.15, -0.1) is 10.2 Å². The molecule has 0 unspecified atom stereocenters. The molecule has 114 valence electrons. The highest BCUT2D eigenvalue weighted by atomic mass is 79.9. The lowest BCUT2D eigenvalue weighted by Crippen LogP contribution is -1.84. The first kappa shape index (κ1) is 14.5. The summed E-state index contributed by atoms with van der Waals surface area (Å²) >= 11 is 5.06. The number of nitrogens with zero attached hydrogens (tertiary/aromatic N) is 4. The molecule has 0 atom stereocenters. The molecule has 0 N–H and O–H groups in total. The van der Waals surface area contributed by atoms with Crippen molar-refractivity contribution in [1.82, 2.24) is 19.6 Å². The van der Waals surface area contributed by atoms with Gasteiger partial charge in [-0.05, 0) is 40.2 Å². The number of thioether (sulfide) groups is 1. The third kappa shape index (κ3) is 2.89. The van der Waals surface area contributed by atoms with Gasteiger partial charge in [0.15, 0.2) is 0 Å². The van der Waals surface area contributed by atoms with Gasteiger partial charge in [-0.3, -0.25) is 4.40 Å². The van der Waals surface area contributed by atoms with Crippen LogP contribution < -0.4 is 0 Å². The summed E-state index contributed by atoms with van der Waals surface area (Å²) < 4.78 is 8.64. The number of fused-ring (bicyclic) bond motifs is 1. The summed E-state index contributed by atoms with van der Waals surface area (Å²) in [6.45, 7) is 0. The summed E-state index contributed by atoms with van der Waals surface area (Å²) in [5, 5.41) is 8.71. The first-order valence-electron chi connectivity index (χ1n) is 6.94. The molecule has 23 heavy (non-hydrogen) atoms. The largest absolute Gasteiger partial charge is 0.411 e. The van der Waals surface area contributed by atoms with Crippen LogP contribution in [0.3, 0.4) is 0 Å². The standard InChI is InChI=1S/C16H11BrN4OS/c17-14-12(18-13-8-4-5-9-21(13)14)10-23-16-20-19-15(22-16)11-6-2-1-3-7-11/h1-9H,10H2. The highest BCUT2D eigenvalue weighted by Gasteiger charge is 2.13. The van der Waals surface area contributed by atoms with E-state index in [0.717, 1.165) is 21.5 Å². The van der Waals surface area contributed by atoms with E-state index in [4.69, 9.17) is 4.42 Å². The highest BCUT2D eigenvalue weighted by molar-refractivity contribution is 9.10. The molecule has 1 aromatic carbocycles. The maximum absolute atomic E-state index is 5.70. The van der Waals surface area contributed by atoms with Gasteiger partial charge in [-0.1, -0.05) is 36.0 Å². The molecule has 0 spiro atoms. The number of hydrogen-bond donors (Lipinski definition) is 0. The van der Waals surface area contributed by atoms with Crippen LogP contribution in [0.5, 0.6) is 0 Å². The first-order valence-corrected chi connectivity index (χ1v) is 8.72. The predicted octanol–water partition coefficient (Wildman–Crippen LogP) is 4.44. The van der Waals surface area contributed by atoms with Crippen LogP contribution in [-0.4, -0.2) is 19.6 Å². The summed E-state index contributed by atoms with van der Waals surface area (Å²) in [5.41, 5.74) is 2.77. The zero-order valence-electron chi connectivity index (χ0n) is 11.9. The van der Waals surface area contributed by atoms with Crippen molar-refractivity contribution in [1.29, 1.82) is 0 Å². The Balaban J connectivity index is 1.53. The summed E-state index contributed by atoms with van der Waals surface area (Å²) in [6, 6.07) is 15.6. The lowest BCUT2D eigenvalue weighted by atomic mass is 10.2. The van der Waals surface area contributed by atoms with Gasteiger partial charge in [0.2, 0.25) is 5.89 Å². The van der Waals surface area contributed by atoms with E-state index >= 15 is 0 Å². The van der Waals surface area contributed by atoms with Crippen LogP contribution in [0, 0.1) is 0 Å². The predicted molar refractivity (Wildman–Crippen MR) is 92.2 cm³/mol. The molecule has 0 radical (unpaired) electrons. The van der Waals surface area contributed by atoms with Gasteiger partial charge in [0.25, 0.3) is 5.22 Å². The van der Waals surface area contributed by atoms with Crippen LogP contribution in [0.1, 0.15) is 5.69 Å². The van der Waals surface area contributed by atoms with E-state index in [1.165, 1.54) is 11.8 Å². The van der Waals surface area contributed by atoms with E-state index in [-0.39, 0.29) is 0 Å². The molecule has 7 heteroatoms. The molecule has 4 rings (SSSR count). The average molecular weight is 387 g/mol. The minimum Gasteiger partial charge on any atom is -0.411 e. The summed E-state index contributed by atoms with van der Waals surface area (Å²) in [5.74, 6) is 1.18. The normalized spacial score (nSPS) is 11.2. The Labute approximate surface area is 144 Å². The Kier molecular flexibility index (Phi) is 3.88. The molecule has 0 bridgehead atoms. The molecule has 4 aromatic rings. The highest BCUT2D eigenvalue weighted by Crippen LogP contribution is 2.28. The van der Waals surface area contributed by atoms with E-state index in [2.05, 4.69) is 31.1 Å². The van der Waals surface area contributed by atoms with Crippen molar-refractivity contribution in [3.63, 3.8) is 0 Å². The van der Waals surface area contributed by atoms with Crippen LogP contribution in [0.25, 0.3) is 17.1 Å². The zero-order chi connectivity index (χ0) is 15.6. The van der Waals surface area contributed by atoms with Gasteiger partial charge < -0.3 is 4.42 Å². The number of hydrogen-bond acceptors (Lipinski definition) is 5. The molecule has 0 fully saturated rings. The lowest BCUT2D eigenvalue weighted by Gasteiger charge is -1.95. The van der Waals surface area contributed by atoms with E-state index in [1.807, 2.05) is 59.1 Å². The Morgan fingerprint density at radius 1 is 1.04 bits per heavy atom. The fraction of sp³-hybridized carbons (Fsp3) is 0.0625. The Bertz CT molecular complexity index is 951. The number of rotatable bonds is 4. The molecule has 3 aromatic heterocycles. The number of halogens is 1. The topological polar surface area (TPSA) is 56.2 Å². The summed E-state index contributed by atoms with van der Waals surface area (Å²) in [7, 11) is 0. The Hall–Kier alpha value is -2.12. The van der Waals surface area contributed by atoms with Crippen LogP contribution in [0.2, 0.25) is 0 Å². The van der Waals surface area contributed by atoms with Gasteiger partial charge in [0.1, 0.15) is 10.3 Å². The minimum atomic E-state index is 0.530.